The first-order valence-corrected chi connectivity index (χ1v) is 8.19. The first-order valence-electron chi connectivity index (χ1n) is 6.78. The Morgan fingerprint density at radius 3 is 2.70 bits per heavy atom. The first kappa shape index (κ1) is 15.4. The molecule has 2 rings (SSSR count). The molecule has 1 fully saturated rings. The minimum Gasteiger partial charge on any atom is -0.282 e. The smallest absolute Gasteiger partial charge is 0.235 e. The molecule has 0 N–H and O–H groups in total. The van der Waals surface area contributed by atoms with E-state index >= 15 is 0 Å². The van der Waals surface area contributed by atoms with Gasteiger partial charge in [-0.05, 0) is 19.3 Å². The summed E-state index contributed by atoms with van der Waals surface area (Å²) in [6.45, 7) is 4.18. The molecule has 0 spiro atoms. The second kappa shape index (κ2) is 6.22. The van der Waals surface area contributed by atoms with Crippen LogP contribution >= 0.6 is 22.9 Å². The van der Waals surface area contributed by atoms with E-state index in [-0.39, 0.29) is 11.8 Å². The van der Waals surface area contributed by atoms with Crippen LogP contribution < -0.4 is 0 Å². The number of thiazole rings is 1. The minimum absolute atomic E-state index is 0.0406. The molecule has 2 amide bonds. The van der Waals surface area contributed by atoms with Crippen molar-refractivity contribution in [2.75, 3.05) is 6.54 Å². The van der Waals surface area contributed by atoms with E-state index in [9.17, 15) is 9.59 Å². The Hall–Kier alpha value is -0.940. The molecule has 0 unspecified atom stereocenters. The molecule has 1 aliphatic heterocycles. The van der Waals surface area contributed by atoms with Crippen molar-refractivity contribution in [1.82, 2.24) is 9.88 Å². The number of alkyl halides is 1. The minimum atomic E-state index is -0.526. The van der Waals surface area contributed by atoms with E-state index in [1.807, 2.05) is 19.2 Å². The standard InChI is InChI=1S/C14H19ClN2O2S/c1-14(2)7-12(18)17(13(14)19)6-4-3-5-11-16-10(8-15)9-20-11/h9H,3-8H2,1-2H3. The third-order valence-electron chi connectivity index (χ3n) is 3.48. The summed E-state index contributed by atoms with van der Waals surface area (Å²) < 4.78 is 0. The fourth-order valence-corrected chi connectivity index (χ4v) is 3.39. The fraction of sp³-hybridized carbons (Fsp3) is 0.643. The molecular weight excluding hydrogens is 296 g/mol. The van der Waals surface area contributed by atoms with Crippen molar-refractivity contribution in [1.29, 1.82) is 0 Å². The molecule has 1 aromatic rings. The number of halogens is 1. The zero-order valence-electron chi connectivity index (χ0n) is 11.8. The van der Waals surface area contributed by atoms with Gasteiger partial charge in [-0.15, -0.1) is 22.9 Å². The van der Waals surface area contributed by atoms with Gasteiger partial charge in [0.05, 0.1) is 22.0 Å². The normalized spacial score (nSPS) is 18.1. The molecule has 0 radical (unpaired) electrons. The zero-order valence-corrected chi connectivity index (χ0v) is 13.4. The van der Waals surface area contributed by atoms with E-state index < -0.39 is 5.41 Å². The van der Waals surface area contributed by atoms with Crippen molar-refractivity contribution in [3.05, 3.63) is 16.1 Å². The number of carbonyl (C=O) groups is 2. The van der Waals surface area contributed by atoms with Crippen LogP contribution in [0.15, 0.2) is 5.38 Å². The van der Waals surface area contributed by atoms with Crippen LogP contribution in [0.2, 0.25) is 0 Å². The Balaban J connectivity index is 1.76. The molecular formula is C14H19ClN2O2S. The van der Waals surface area contributed by atoms with Gasteiger partial charge >= 0.3 is 0 Å². The fourth-order valence-electron chi connectivity index (χ4n) is 2.33. The lowest BCUT2D eigenvalue weighted by molar-refractivity contribution is -0.140. The lowest BCUT2D eigenvalue weighted by Crippen LogP contribution is -2.33. The highest BCUT2D eigenvalue weighted by Gasteiger charge is 2.44. The second-order valence-corrected chi connectivity index (χ2v) is 6.94. The summed E-state index contributed by atoms with van der Waals surface area (Å²) in [6, 6.07) is 0. The average Bonchev–Trinajstić information content (AvgIpc) is 2.91. The van der Waals surface area contributed by atoms with E-state index in [2.05, 4.69) is 4.98 Å². The number of rotatable bonds is 6. The maximum atomic E-state index is 12.0. The maximum Gasteiger partial charge on any atom is 0.235 e. The molecule has 0 atom stereocenters. The molecule has 0 aliphatic carbocycles. The van der Waals surface area contributed by atoms with E-state index in [0.717, 1.165) is 30.0 Å². The van der Waals surface area contributed by atoms with Gasteiger partial charge in [-0.25, -0.2) is 4.98 Å². The third kappa shape index (κ3) is 3.38. The van der Waals surface area contributed by atoms with Crippen molar-refractivity contribution < 1.29 is 9.59 Å². The van der Waals surface area contributed by atoms with Gasteiger partial charge in [-0.2, -0.15) is 0 Å². The zero-order chi connectivity index (χ0) is 14.8. The largest absolute Gasteiger partial charge is 0.282 e. The highest BCUT2D eigenvalue weighted by atomic mass is 35.5. The average molecular weight is 315 g/mol. The number of amides is 2. The van der Waals surface area contributed by atoms with Gasteiger partial charge in [0.15, 0.2) is 0 Å². The van der Waals surface area contributed by atoms with E-state index in [4.69, 9.17) is 11.6 Å². The summed E-state index contributed by atoms with van der Waals surface area (Å²) >= 11 is 7.32. The van der Waals surface area contributed by atoms with Crippen LogP contribution in [-0.4, -0.2) is 28.2 Å². The Morgan fingerprint density at radius 2 is 2.15 bits per heavy atom. The van der Waals surface area contributed by atoms with Crippen molar-refractivity contribution in [3.63, 3.8) is 0 Å². The van der Waals surface area contributed by atoms with Crippen LogP contribution in [0.4, 0.5) is 0 Å². The molecule has 1 aliphatic rings. The van der Waals surface area contributed by atoms with Gasteiger partial charge in [0.25, 0.3) is 0 Å². The number of nitrogens with zero attached hydrogens (tertiary/aromatic N) is 2. The summed E-state index contributed by atoms with van der Waals surface area (Å²) in [5.74, 6) is 0.363. The number of aromatic nitrogens is 1. The number of likely N-dealkylation sites (tertiary alicyclic amines) is 1. The third-order valence-corrected chi connectivity index (χ3v) is 4.71. The molecule has 0 aromatic carbocycles. The molecule has 0 saturated carbocycles. The summed E-state index contributed by atoms with van der Waals surface area (Å²) in [5.41, 5.74) is 0.389. The van der Waals surface area contributed by atoms with Gasteiger partial charge in [0, 0.05) is 18.3 Å². The van der Waals surface area contributed by atoms with E-state index in [0.29, 0.717) is 18.8 Å². The molecule has 110 valence electrons. The van der Waals surface area contributed by atoms with E-state index in [1.165, 1.54) is 4.90 Å². The van der Waals surface area contributed by atoms with Crippen LogP contribution in [-0.2, 0) is 21.9 Å². The van der Waals surface area contributed by atoms with Crippen molar-refractivity contribution >= 4 is 34.8 Å². The quantitative estimate of drug-likeness (QED) is 0.461. The predicted molar refractivity (Wildman–Crippen MR) is 79.7 cm³/mol. The molecule has 2 heterocycles. The SMILES string of the molecule is CC1(C)CC(=O)N(CCCCc2nc(CCl)cs2)C1=O. The van der Waals surface area contributed by atoms with Crippen LogP contribution in [0.3, 0.4) is 0 Å². The van der Waals surface area contributed by atoms with Gasteiger partial charge in [-0.3, -0.25) is 14.5 Å². The van der Waals surface area contributed by atoms with Crippen LogP contribution in [0, 0.1) is 5.41 Å². The van der Waals surface area contributed by atoms with Crippen molar-refractivity contribution in [3.8, 4) is 0 Å². The highest BCUT2D eigenvalue weighted by Crippen LogP contribution is 2.31. The molecule has 6 heteroatoms. The van der Waals surface area contributed by atoms with Crippen LogP contribution in [0.5, 0.6) is 0 Å². The van der Waals surface area contributed by atoms with Crippen molar-refractivity contribution in [2.24, 2.45) is 5.41 Å². The Morgan fingerprint density at radius 1 is 1.40 bits per heavy atom. The number of unbranched alkanes of at least 4 members (excludes halogenated alkanes) is 1. The van der Waals surface area contributed by atoms with Crippen LogP contribution in [0.1, 0.15) is 43.8 Å². The number of hydrogen-bond donors (Lipinski definition) is 0. The first-order chi connectivity index (χ1) is 9.44. The Bertz CT molecular complexity index is 513. The lowest BCUT2D eigenvalue weighted by Gasteiger charge is -2.17. The molecule has 20 heavy (non-hydrogen) atoms. The number of aryl methyl sites for hydroxylation is 1. The lowest BCUT2D eigenvalue weighted by atomic mass is 9.92. The highest BCUT2D eigenvalue weighted by molar-refractivity contribution is 7.09. The van der Waals surface area contributed by atoms with Crippen molar-refractivity contribution in [2.45, 2.75) is 45.4 Å². The summed E-state index contributed by atoms with van der Waals surface area (Å²) in [4.78, 5) is 29.6. The molecule has 4 nitrogen and oxygen atoms in total. The number of carbonyl (C=O) groups excluding carboxylic acids is 2. The van der Waals surface area contributed by atoms with Gasteiger partial charge in [-0.1, -0.05) is 13.8 Å². The summed E-state index contributed by atoms with van der Waals surface area (Å²) in [5, 5.41) is 3.04. The number of imide groups is 1. The molecule has 0 bridgehead atoms. The van der Waals surface area contributed by atoms with E-state index in [1.54, 1.807) is 11.3 Å². The predicted octanol–water partition coefficient (Wildman–Crippen LogP) is 2.99. The Labute approximate surface area is 128 Å². The molecule has 1 aromatic heterocycles. The van der Waals surface area contributed by atoms with Crippen LogP contribution in [0.25, 0.3) is 0 Å². The maximum absolute atomic E-state index is 12.0. The molecule has 1 saturated heterocycles. The Kier molecular flexibility index (Phi) is 4.81. The number of hydrogen-bond acceptors (Lipinski definition) is 4. The van der Waals surface area contributed by atoms with Gasteiger partial charge < -0.3 is 0 Å². The summed E-state index contributed by atoms with van der Waals surface area (Å²) in [7, 11) is 0. The second-order valence-electron chi connectivity index (χ2n) is 5.73. The van der Waals surface area contributed by atoms with Gasteiger partial charge in [0.1, 0.15) is 0 Å². The summed E-state index contributed by atoms with van der Waals surface area (Å²) in [6.07, 6.45) is 2.95. The van der Waals surface area contributed by atoms with Gasteiger partial charge in [0.2, 0.25) is 11.8 Å². The topological polar surface area (TPSA) is 50.3 Å². The monoisotopic (exact) mass is 314 g/mol.